The van der Waals surface area contributed by atoms with Gasteiger partial charge in [0.1, 0.15) is 13.2 Å². The standard InChI is InChI=1S/C20H25BrO6/c1-12-3-7-17(26-12)19(22)24-10-14-5-6-16(21)9-15(14)11-25-20(23)18-8-4-13(2)27-18/h5-6,9,12-13,17-18H,3-4,7-8,10-11H2,1-2H3/t12-,13+,17-,18-/m1/s1. The van der Waals surface area contributed by atoms with E-state index in [4.69, 9.17) is 18.9 Å². The van der Waals surface area contributed by atoms with Crippen LogP contribution in [0.4, 0.5) is 0 Å². The van der Waals surface area contributed by atoms with Gasteiger partial charge in [-0.05, 0) is 62.8 Å². The molecular formula is C20H25BrO6. The first-order valence-corrected chi connectivity index (χ1v) is 10.1. The maximum absolute atomic E-state index is 12.2. The van der Waals surface area contributed by atoms with Crippen molar-refractivity contribution in [1.82, 2.24) is 0 Å². The Bertz CT molecular complexity index is 691. The molecule has 0 unspecified atom stereocenters. The van der Waals surface area contributed by atoms with Crippen LogP contribution in [0, 0.1) is 0 Å². The molecule has 2 saturated heterocycles. The molecular weight excluding hydrogens is 416 g/mol. The lowest BCUT2D eigenvalue weighted by atomic mass is 10.1. The van der Waals surface area contributed by atoms with E-state index in [1.807, 2.05) is 32.0 Å². The van der Waals surface area contributed by atoms with Crippen molar-refractivity contribution in [2.75, 3.05) is 0 Å². The first-order valence-electron chi connectivity index (χ1n) is 9.34. The smallest absolute Gasteiger partial charge is 0.335 e. The van der Waals surface area contributed by atoms with Crippen molar-refractivity contribution in [3.05, 3.63) is 33.8 Å². The predicted molar refractivity (Wildman–Crippen MR) is 101 cm³/mol. The third-order valence-electron chi connectivity index (χ3n) is 4.90. The van der Waals surface area contributed by atoms with Gasteiger partial charge in [-0.25, -0.2) is 9.59 Å². The molecule has 1 aromatic rings. The molecule has 0 aromatic heterocycles. The number of carbonyl (C=O) groups is 2. The van der Waals surface area contributed by atoms with Gasteiger partial charge in [-0.3, -0.25) is 0 Å². The van der Waals surface area contributed by atoms with Gasteiger partial charge in [0.25, 0.3) is 0 Å². The van der Waals surface area contributed by atoms with E-state index >= 15 is 0 Å². The van der Waals surface area contributed by atoms with Crippen LogP contribution in [-0.4, -0.2) is 36.4 Å². The molecule has 0 radical (unpaired) electrons. The van der Waals surface area contributed by atoms with Crippen LogP contribution in [-0.2, 0) is 41.8 Å². The van der Waals surface area contributed by atoms with Crippen molar-refractivity contribution in [2.45, 2.75) is 77.2 Å². The van der Waals surface area contributed by atoms with Gasteiger partial charge < -0.3 is 18.9 Å². The van der Waals surface area contributed by atoms with Crippen molar-refractivity contribution in [1.29, 1.82) is 0 Å². The summed E-state index contributed by atoms with van der Waals surface area (Å²) in [4.78, 5) is 24.3. The minimum Gasteiger partial charge on any atom is -0.459 e. The van der Waals surface area contributed by atoms with E-state index in [0.717, 1.165) is 28.4 Å². The second kappa shape index (κ2) is 9.17. The molecule has 1 aromatic carbocycles. The van der Waals surface area contributed by atoms with Gasteiger partial charge in [0, 0.05) is 4.47 Å². The second-order valence-corrected chi connectivity index (χ2v) is 8.07. The molecule has 0 aliphatic carbocycles. The second-order valence-electron chi connectivity index (χ2n) is 7.15. The Morgan fingerprint density at radius 1 is 0.926 bits per heavy atom. The highest BCUT2D eigenvalue weighted by Gasteiger charge is 2.30. The van der Waals surface area contributed by atoms with Crippen molar-refractivity contribution in [3.8, 4) is 0 Å². The zero-order chi connectivity index (χ0) is 19.4. The number of esters is 2. The van der Waals surface area contributed by atoms with Gasteiger partial charge in [0.15, 0.2) is 12.2 Å². The van der Waals surface area contributed by atoms with E-state index in [9.17, 15) is 9.59 Å². The molecule has 7 heteroatoms. The molecule has 2 fully saturated rings. The summed E-state index contributed by atoms with van der Waals surface area (Å²) in [5.41, 5.74) is 1.59. The van der Waals surface area contributed by atoms with Crippen LogP contribution in [0.2, 0.25) is 0 Å². The molecule has 0 spiro atoms. The quantitative estimate of drug-likeness (QED) is 0.628. The van der Waals surface area contributed by atoms with Gasteiger partial charge in [-0.2, -0.15) is 0 Å². The van der Waals surface area contributed by atoms with Crippen molar-refractivity contribution < 1.29 is 28.5 Å². The van der Waals surface area contributed by atoms with Gasteiger partial charge in [-0.1, -0.05) is 22.0 Å². The summed E-state index contributed by atoms with van der Waals surface area (Å²) in [5, 5.41) is 0. The van der Waals surface area contributed by atoms with E-state index in [2.05, 4.69) is 15.9 Å². The van der Waals surface area contributed by atoms with Gasteiger partial charge in [0.2, 0.25) is 0 Å². The lowest BCUT2D eigenvalue weighted by Crippen LogP contribution is -2.24. The first kappa shape index (κ1) is 20.3. The van der Waals surface area contributed by atoms with E-state index in [-0.39, 0.29) is 37.4 Å². The Balaban J connectivity index is 1.56. The summed E-state index contributed by atoms with van der Waals surface area (Å²) in [6.45, 7) is 4.12. The Labute approximate surface area is 167 Å². The zero-order valence-corrected chi connectivity index (χ0v) is 17.2. The highest BCUT2D eigenvalue weighted by molar-refractivity contribution is 9.10. The molecule has 2 heterocycles. The Kier molecular flexibility index (Phi) is 6.89. The Morgan fingerprint density at radius 2 is 1.44 bits per heavy atom. The average Bonchev–Trinajstić information content (AvgIpc) is 3.27. The van der Waals surface area contributed by atoms with Crippen molar-refractivity contribution in [2.24, 2.45) is 0 Å². The highest BCUT2D eigenvalue weighted by Crippen LogP contribution is 2.24. The maximum atomic E-state index is 12.2. The number of halogens is 1. The SMILES string of the molecule is C[C@@H]1CC[C@H](C(=O)OCc2ccc(Br)cc2COC(=O)[C@H]2CC[C@H](C)O2)O1. The van der Waals surface area contributed by atoms with Crippen molar-refractivity contribution in [3.63, 3.8) is 0 Å². The lowest BCUT2D eigenvalue weighted by molar-refractivity contribution is -0.158. The Hall–Kier alpha value is -1.44. The summed E-state index contributed by atoms with van der Waals surface area (Å²) in [6, 6.07) is 5.58. The van der Waals surface area contributed by atoms with Crippen LogP contribution in [0.1, 0.15) is 50.7 Å². The zero-order valence-electron chi connectivity index (χ0n) is 15.6. The summed E-state index contributed by atoms with van der Waals surface area (Å²) in [5.74, 6) is -0.700. The molecule has 0 bridgehead atoms. The highest BCUT2D eigenvalue weighted by atomic mass is 79.9. The monoisotopic (exact) mass is 440 g/mol. The summed E-state index contributed by atoms with van der Waals surface area (Å²) in [6.07, 6.45) is 2.29. The number of carbonyl (C=O) groups excluding carboxylic acids is 2. The topological polar surface area (TPSA) is 71.1 Å². The fourth-order valence-corrected chi connectivity index (χ4v) is 3.71. The minimum absolute atomic E-state index is 0.0870. The maximum Gasteiger partial charge on any atom is 0.335 e. The fraction of sp³-hybridized carbons (Fsp3) is 0.600. The number of hydrogen-bond donors (Lipinski definition) is 0. The van der Waals surface area contributed by atoms with E-state index in [1.54, 1.807) is 0 Å². The Morgan fingerprint density at radius 3 is 1.93 bits per heavy atom. The van der Waals surface area contributed by atoms with Crippen LogP contribution in [0.5, 0.6) is 0 Å². The minimum atomic E-state index is -0.491. The molecule has 27 heavy (non-hydrogen) atoms. The van der Waals surface area contributed by atoms with E-state index < -0.39 is 12.2 Å². The molecule has 6 nitrogen and oxygen atoms in total. The van der Waals surface area contributed by atoms with Crippen LogP contribution >= 0.6 is 15.9 Å². The molecule has 2 aliphatic heterocycles. The van der Waals surface area contributed by atoms with Gasteiger partial charge >= 0.3 is 11.9 Å². The first-order chi connectivity index (χ1) is 12.9. The van der Waals surface area contributed by atoms with Gasteiger partial charge in [-0.15, -0.1) is 0 Å². The normalized spacial score (nSPS) is 27.5. The van der Waals surface area contributed by atoms with Gasteiger partial charge in [0.05, 0.1) is 12.2 Å². The number of rotatable bonds is 6. The third-order valence-corrected chi connectivity index (χ3v) is 5.39. The average molecular weight is 441 g/mol. The lowest BCUT2D eigenvalue weighted by Gasteiger charge is -2.15. The largest absolute Gasteiger partial charge is 0.459 e. The summed E-state index contributed by atoms with van der Waals surface area (Å²) < 4.78 is 22.8. The molecule has 0 saturated carbocycles. The molecule has 2 aliphatic rings. The molecule has 4 atom stereocenters. The van der Waals surface area contributed by atoms with Crippen LogP contribution < -0.4 is 0 Å². The van der Waals surface area contributed by atoms with E-state index in [1.165, 1.54) is 0 Å². The molecule has 0 N–H and O–H groups in total. The summed E-state index contributed by atoms with van der Waals surface area (Å²) in [7, 11) is 0. The molecule has 3 rings (SSSR count). The fourth-order valence-electron chi connectivity index (χ4n) is 3.31. The summed E-state index contributed by atoms with van der Waals surface area (Å²) >= 11 is 3.43. The molecule has 0 amide bonds. The number of benzene rings is 1. The van der Waals surface area contributed by atoms with E-state index in [0.29, 0.717) is 12.8 Å². The number of hydrogen-bond acceptors (Lipinski definition) is 6. The van der Waals surface area contributed by atoms with Crippen LogP contribution in [0.3, 0.4) is 0 Å². The third kappa shape index (κ3) is 5.53. The van der Waals surface area contributed by atoms with Crippen molar-refractivity contribution >= 4 is 27.9 Å². The van der Waals surface area contributed by atoms with Crippen LogP contribution in [0.15, 0.2) is 22.7 Å². The molecule has 148 valence electrons. The predicted octanol–water partition coefficient (Wildman–Crippen LogP) is 3.67. The number of ether oxygens (including phenoxy) is 4. The van der Waals surface area contributed by atoms with Crippen LogP contribution in [0.25, 0.3) is 0 Å².